The van der Waals surface area contributed by atoms with E-state index in [-0.39, 0.29) is 17.3 Å². The molecule has 1 aliphatic rings. The highest BCUT2D eigenvalue weighted by atomic mass is 16.5. The molecule has 0 aromatic heterocycles. The summed E-state index contributed by atoms with van der Waals surface area (Å²) in [5, 5.41) is 3.65. The van der Waals surface area contributed by atoms with Crippen LogP contribution in [0.15, 0.2) is 0 Å². The number of hydrogen-bond donors (Lipinski definition) is 1. The molecule has 19 heavy (non-hydrogen) atoms. The molecule has 0 aromatic rings. The van der Waals surface area contributed by atoms with Gasteiger partial charge in [-0.1, -0.05) is 20.3 Å². The predicted octanol–water partition coefficient (Wildman–Crippen LogP) is 3.37. The Labute approximate surface area is 119 Å². The van der Waals surface area contributed by atoms with Gasteiger partial charge in [-0.15, -0.1) is 0 Å². The highest BCUT2D eigenvalue weighted by Gasteiger charge is 2.50. The van der Waals surface area contributed by atoms with Gasteiger partial charge in [0.25, 0.3) is 0 Å². The summed E-state index contributed by atoms with van der Waals surface area (Å²) >= 11 is 0. The smallest absolute Gasteiger partial charge is 0.0727 e. The first kappa shape index (κ1) is 16.9. The maximum atomic E-state index is 6.25. The summed E-state index contributed by atoms with van der Waals surface area (Å²) in [6.45, 7) is 14.2. The van der Waals surface area contributed by atoms with E-state index >= 15 is 0 Å². The van der Waals surface area contributed by atoms with E-state index in [9.17, 15) is 0 Å². The minimum atomic E-state index is -0.0964. The molecule has 3 nitrogen and oxygen atoms in total. The number of nitrogens with one attached hydrogen (secondary N) is 1. The standard InChI is InChI=1S/C16H33NO2/c1-8-10-13(18-7)14(17-9-2)12-11-15(3,4)19-16(12,5)6/h12-14,17H,8-11H2,1-7H3. The molecule has 1 heterocycles. The molecule has 0 bridgehead atoms. The van der Waals surface area contributed by atoms with E-state index in [4.69, 9.17) is 9.47 Å². The molecule has 0 spiro atoms. The second-order valence-corrected chi connectivity index (χ2v) is 6.92. The highest BCUT2D eigenvalue weighted by Crippen LogP contribution is 2.44. The van der Waals surface area contributed by atoms with E-state index in [0.29, 0.717) is 12.0 Å². The second-order valence-electron chi connectivity index (χ2n) is 6.92. The molecule has 1 rings (SSSR count). The van der Waals surface area contributed by atoms with Gasteiger partial charge in [0.15, 0.2) is 0 Å². The topological polar surface area (TPSA) is 30.5 Å². The summed E-state index contributed by atoms with van der Waals surface area (Å²) in [5.74, 6) is 0.485. The molecule has 1 saturated heterocycles. The van der Waals surface area contributed by atoms with Crippen LogP contribution in [0.3, 0.4) is 0 Å². The summed E-state index contributed by atoms with van der Waals surface area (Å²) in [4.78, 5) is 0. The molecule has 0 radical (unpaired) electrons. The summed E-state index contributed by atoms with van der Waals surface area (Å²) < 4.78 is 12.0. The fourth-order valence-corrected chi connectivity index (χ4v) is 3.66. The van der Waals surface area contributed by atoms with Gasteiger partial charge in [0, 0.05) is 19.1 Å². The van der Waals surface area contributed by atoms with Crippen LogP contribution in [0.2, 0.25) is 0 Å². The van der Waals surface area contributed by atoms with Gasteiger partial charge in [0.05, 0.1) is 17.3 Å². The van der Waals surface area contributed by atoms with Crippen molar-refractivity contribution < 1.29 is 9.47 Å². The Bertz CT molecular complexity index is 276. The van der Waals surface area contributed by atoms with Gasteiger partial charge in [0.2, 0.25) is 0 Å². The average Bonchev–Trinajstić information content (AvgIpc) is 2.51. The molecular formula is C16H33NO2. The van der Waals surface area contributed by atoms with Crippen molar-refractivity contribution in [1.82, 2.24) is 5.32 Å². The Morgan fingerprint density at radius 2 is 1.89 bits per heavy atom. The quantitative estimate of drug-likeness (QED) is 0.770. The van der Waals surface area contributed by atoms with Crippen LogP contribution in [-0.4, -0.2) is 37.0 Å². The van der Waals surface area contributed by atoms with Crippen LogP contribution in [0, 0.1) is 5.92 Å². The SMILES string of the molecule is CCCC(OC)C(NCC)C1CC(C)(C)OC1(C)C. The van der Waals surface area contributed by atoms with Crippen molar-refractivity contribution in [3.63, 3.8) is 0 Å². The Hall–Kier alpha value is -0.120. The van der Waals surface area contributed by atoms with Crippen LogP contribution in [0.1, 0.15) is 60.8 Å². The highest BCUT2D eigenvalue weighted by molar-refractivity contribution is 5.01. The maximum Gasteiger partial charge on any atom is 0.0727 e. The van der Waals surface area contributed by atoms with Crippen LogP contribution in [0.5, 0.6) is 0 Å². The van der Waals surface area contributed by atoms with Crippen LogP contribution >= 0.6 is 0 Å². The van der Waals surface area contributed by atoms with E-state index in [1.54, 1.807) is 0 Å². The number of hydrogen-bond acceptors (Lipinski definition) is 3. The van der Waals surface area contributed by atoms with Gasteiger partial charge in [-0.2, -0.15) is 0 Å². The Morgan fingerprint density at radius 3 is 2.26 bits per heavy atom. The summed E-state index contributed by atoms with van der Waals surface area (Å²) in [6.07, 6.45) is 3.60. The van der Waals surface area contributed by atoms with Crippen LogP contribution in [0.25, 0.3) is 0 Å². The van der Waals surface area contributed by atoms with E-state index in [0.717, 1.165) is 25.8 Å². The lowest BCUT2D eigenvalue weighted by Gasteiger charge is -2.37. The Morgan fingerprint density at radius 1 is 1.26 bits per heavy atom. The number of ether oxygens (including phenoxy) is 2. The van der Waals surface area contributed by atoms with E-state index in [2.05, 4.69) is 46.9 Å². The van der Waals surface area contributed by atoms with Gasteiger partial charge in [-0.25, -0.2) is 0 Å². The maximum absolute atomic E-state index is 6.25. The number of likely N-dealkylation sites (N-methyl/N-ethyl adjacent to an activating group) is 1. The van der Waals surface area contributed by atoms with Crippen molar-refractivity contribution in [2.45, 2.75) is 84.2 Å². The third-order valence-electron chi connectivity index (χ3n) is 4.29. The second kappa shape index (κ2) is 6.55. The summed E-state index contributed by atoms with van der Waals surface area (Å²) in [6, 6.07) is 0.367. The zero-order valence-electron chi connectivity index (χ0n) is 13.9. The first-order valence-corrected chi connectivity index (χ1v) is 7.73. The third kappa shape index (κ3) is 4.17. The van der Waals surface area contributed by atoms with Gasteiger partial charge in [-0.05, 0) is 47.1 Å². The summed E-state index contributed by atoms with van der Waals surface area (Å²) in [7, 11) is 1.83. The van der Waals surface area contributed by atoms with Crippen molar-refractivity contribution in [3.8, 4) is 0 Å². The minimum absolute atomic E-state index is 0.0354. The number of rotatable bonds is 7. The van der Waals surface area contributed by atoms with Gasteiger partial charge in [-0.3, -0.25) is 0 Å². The van der Waals surface area contributed by atoms with Crippen LogP contribution in [0.4, 0.5) is 0 Å². The molecule has 1 aliphatic heterocycles. The van der Waals surface area contributed by atoms with Gasteiger partial charge in [0.1, 0.15) is 0 Å². The Kier molecular flexibility index (Phi) is 5.84. The molecule has 0 aromatic carbocycles. The fourth-order valence-electron chi connectivity index (χ4n) is 3.66. The van der Waals surface area contributed by atoms with Crippen molar-refractivity contribution in [2.75, 3.05) is 13.7 Å². The molecule has 3 atom stereocenters. The van der Waals surface area contributed by atoms with Gasteiger partial charge < -0.3 is 14.8 Å². The lowest BCUT2D eigenvalue weighted by molar-refractivity contribution is -0.0845. The minimum Gasteiger partial charge on any atom is -0.380 e. The third-order valence-corrected chi connectivity index (χ3v) is 4.29. The van der Waals surface area contributed by atoms with Crippen LogP contribution in [-0.2, 0) is 9.47 Å². The van der Waals surface area contributed by atoms with E-state index in [1.165, 1.54) is 0 Å². The van der Waals surface area contributed by atoms with Crippen molar-refractivity contribution >= 4 is 0 Å². The zero-order valence-corrected chi connectivity index (χ0v) is 13.9. The van der Waals surface area contributed by atoms with Crippen molar-refractivity contribution in [1.29, 1.82) is 0 Å². The van der Waals surface area contributed by atoms with Crippen LogP contribution < -0.4 is 5.32 Å². The van der Waals surface area contributed by atoms with E-state index in [1.807, 2.05) is 7.11 Å². The largest absolute Gasteiger partial charge is 0.380 e. The van der Waals surface area contributed by atoms with Crippen molar-refractivity contribution in [3.05, 3.63) is 0 Å². The molecule has 1 N–H and O–H groups in total. The first-order chi connectivity index (χ1) is 8.77. The van der Waals surface area contributed by atoms with E-state index < -0.39 is 0 Å². The molecule has 114 valence electrons. The summed E-state index contributed by atoms with van der Waals surface area (Å²) in [5.41, 5.74) is -0.132. The fraction of sp³-hybridized carbons (Fsp3) is 1.00. The average molecular weight is 271 g/mol. The van der Waals surface area contributed by atoms with Crippen molar-refractivity contribution in [2.24, 2.45) is 5.92 Å². The predicted molar refractivity (Wildman–Crippen MR) is 80.5 cm³/mol. The molecule has 0 saturated carbocycles. The Balaban J connectivity index is 2.91. The van der Waals surface area contributed by atoms with Gasteiger partial charge >= 0.3 is 0 Å². The molecular weight excluding hydrogens is 238 g/mol. The lowest BCUT2D eigenvalue weighted by Crippen LogP contribution is -2.51. The molecule has 0 aliphatic carbocycles. The number of methoxy groups -OCH3 is 1. The zero-order chi connectivity index (χ0) is 14.7. The molecule has 3 unspecified atom stereocenters. The lowest BCUT2D eigenvalue weighted by atomic mass is 9.78. The molecule has 1 fully saturated rings. The normalized spacial score (nSPS) is 28.3. The monoisotopic (exact) mass is 271 g/mol. The molecule has 0 amide bonds. The molecule has 3 heteroatoms. The first-order valence-electron chi connectivity index (χ1n) is 7.73.